The minimum Gasteiger partial charge on any atom is -0.356 e. The van der Waals surface area contributed by atoms with Crippen LogP contribution in [0.25, 0.3) is 0 Å². The van der Waals surface area contributed by atoms with E-state index in [1.54, 1.807) is 0 Å². The summed E-state index contributed by atoms with van der Waals surface area (Å²) in [4.78, 5) is 14.4. The maximum Gasteiger partial charge on any atom is 0.224 e. The average Bonchev–Trinajstić information content (AvgIpc) is 2.96. The highest BCUT2D eigenvalue weighted by Crippen LogP contribution is 2.20. The van der Waals surface area contributed by atoms with Crippen molar-refractivity contribution in [3.05, 3.63) is 12.3 Å². The highest BCUT2D eigenvalue weighted by molar-refractivity contribution is 5.43. The summed E-state index contributed by atoms with van der Waals surface area (Å²) < 4.78 is 0. The molecule has 26 heavy (non-hydrogen) atoms. The molecule has 0 spiro atoms. The predicted octanol–water partition coefficient (Wildman–Crippen LogP) is 4.17. The fourth-order valence-electron chi connectivity index (χ4n) is 4.33. The molecule has 3 rings (SSSR count). The molecule has 3 heterocycles. The van der Waals surface area contributed by atoms with Crippen LogP contribution in [0.3, 0.4) is 0 Å². The Labute approximate surface area is 159 Å². The molecule has 146 valence electrons. The third kappa shape index (κ3) is 5.57. The number of rotatable bonds is 7. The van der Waals surface area contributed by atoms with Gasteiger partial charge in [-0.25, -0.2) is 4.98 Å². The van der Waals surface area contributed by atoms with Gasteiger partial charge in [0.2, 0.25) is 5.95 Å². The zero-order chi connectivity index (χ0) is 18.2. The van der Waals surface area contributed by atoms with Crippen LogP contribution in [0.2, 0.25) is 0 Å². The van der Waals surface area contributed by atoms with Gasteiger partial charge in [0.05, 0.1) is 0 Å². The number of aromatic nitrogens is 2. The van der Waals surface area contributed by atoms with Crippen molar-refractivity contribution in [2.75, 3.05) is 42.9 Å². The fraction of sp³-hybridized carbons (Fsp3) is 0.810. The van der Waals surface area contributed by atoms with E-state index in [1.807, 2.05) is 6.20 Å². The van der Waals surface area contributed by atoms with Crippen molar-refractivity contribution in [2.45, 2.75) is 71.3 Å². The number of hydrogen-bond acceptors (Lipinski definition) is 5. The molecule has 2 fully saturated rings. The van der Waals surface area contributed by atoms with Crippen LogP contribution >= 0.6 is 0 Å². The minimum atomic E-state index is 0.470. The van der Waals surface area contributed by atoms with Gasteiger partial charge in [0.15, 0.2) is 0 Å². The molecular weight excluding hydrogens is 322 g/mol. The van der Waals surface area contributed by atoms with E-state index in [4.69, 9.17) is 4.98 Å². The summed E-state index contributed by atoms with van der Waals surface area (Å²) in [5.41, 5.74) is 0. The largest absolute Gasteiger partial charge is 0.356 e. The molecule has 0 unspecified atom stereocenters. The highest BCUT2D eigenvalue weighted by Gasteiger charge is 2.22. The second-order valence-corrected chi connectivity index (χ2v) is 8.07. The maximum absolute atomic E-state index is 4.84. The minimum absolute atomic E-state index is 0.470. The van der Waals surface area contributed by atoms with Crippen molar-refractivity contribution >= 4 is 11.8 Å². The molecule has 2 saturated heterocycles. The third-order valence-electron chi connectivity index (χ3n) is 6.08. The van der Waals surface area contributed by atoms with E-state index >= 15 is 0 Å². The molecule has 0 aromatic carbocycles. The van der Waals surface area contributed by atoms with E-state index in [-0.39, 0.29) is 0 Å². The third-order valence-corrected chi connectivity index (χ3v) is 6.08. The number of nitrogens with one attached hydrogen (secondary N) is 1. The second-order valence-electron chi connectivity index (χ2n) is 8.07. The first kappa shape index (κ1) is 19.4. The summed E-state index contributed by atoms with van der Waals surface area (Å²) >= 11 is 0. The molecule has 1 aromatic rings. The molecule has 1 aromatic heterocycles. The van der Waals surface area contributed by atoms with Gasteiger partial charge in [-0.3, -0.25) is 0 Å². The summed E-state index contributed by atoms with van der Waals surface area (Å²) in [6, 6.07) is 2.54. The van der Waals surface area contributed by atoms with Crippen molar-refractivity contribution in [1.29, 1.82) is 0 Å². The normalized spacial score (nSPS) is 22.4. The van der Waals surface area contributed by atoms with E-state index < -0.39 is 0 Å². The number of anilines is 2. The highest BCUT2D eigenvalue weighted by atomic mass is 15.2. The van der Waals surface area contributed by atoms with Crippen molar-refractivity contribution in [3.63, 3.8) is 0 Å². The number of likely N-dealkylation sites (tertiary alicyclic amines) is 1. The van der Waals surface area contributed by atoms with Gasteiger partial charge in [0.25, 0.3) is 0 Å². The second kappa shape index (κ2) is 10.1. The molecule has 0 radical (unpaired) electrons. The zero-order valence-electron chi connectivity index (χ0n) is 16.8. The Balaban J connectivity index is 1.57. The Morgan fingerprint density at radius 2 is 1.85 bits per heavy atom. The van der Waals surface area contributed by atoms with Crippen molar-refractivity contribution in [1.82, 2.24) is 14.9 Å². The Morgan fingerprint density at radius 3 is 2.58 bits per heavy atom. The quantitative estimate of drug-likeness (QED) is 0.791. The van der Waals surface area contributed by atoms with Gasteiger partial charge in [0, 0.05) is 38.4 Å². The van der Waals surface area contributed by atoms with Crippen LogP contribution in [-0.4, -0.2) is 53.6 Å². The van der Waals surface area contributed by atoms with E-state index in [0.29, 0.717) is 6.04 Å². The summed E-state index contributed by atoms with van der Waals surface area (Å²) in [6.07, 6.45) is 12.2. The summed E-state index contributed by atoms with van der Waals surface area (Å²) in [7, 11) is 0. The molecule has 0 bridgehead atoms. The van der Waals surface area contributed by atoms with Crippen molar-refractivity contribution in [3.8, 4) is 0 Å². The lowest BCUT2D eigenvalue weighted by Crippen LogP contribution is -2.44. The van der Waals surface area contributed by atoms with Gasteiger partial charge in [0.1, 0.15) is 5.82 Å². The van der Waals surface area contributed by atoms with Crippen LogP contribution in [0.4, 0.5) is 11.8 Å². The number of hydrogen-bond donors (Lipinski definition) is 1. The molecule has 0 aliphatic carbocycles. The van der Waals surface area contributed by atoms with Gasteiger partial charge in [-0.05, 0) is 44.2 Å². The molecule has 2 aliphatic rings. The first-order valence-corrected chi connectivity index (χ1v) is 10.8. The zero-order valence-corrected chi connectivity index (χ0v) is 16.8. The van der Waals surface area contributed by atoms with E-state index in [2.05, 4.69) is 40.0 Å². The molecule has 5 nitrogen and oxygen atoms in total. The van der Waals surface area contributed by atoms with E-state index in [0.717, 1.165) is 37.3 Å². The molecule has 1 N–H and O–H groups in total. The van der Waals surface area contributed by atoms with Crippen LogP contribution in [-0.2, 0) is 0 Å². The van der Waals surface area contributed by atoms with Gasteiger partial charge in [-0.2, -0.15) is 4.98 Å². The SMILES string of the molecule is CCC(CC)CN1CCC[C@H](Nc2nccc(N3CCCCCC3)n2)C1. The molecule has 1 atom stereocenters. The lowest BCUT2D eigenvalue weighted by atomic mass is 9.99. The molecule has 0 amide bonds. The lowest BCUT2D eigenvalue weighted by molar-refractivity contribution is 0.181. The Hall–Kier alpha value is -1.36. The molecule has 2 aliphatic heterocycles. The van der Waals surface area contributed by atoms with Gasteiger partial charge >= 0.3 is 0 Å². The topological polar surface area (TPSA) is 44.3 Å². The van der Waals surface area contributed by atoms with E-state index in [1.165, 1.54) is 64.5 Å². The van der Waals surface area contributed by atoms with Gasteiger partial charge in [-0.1, -0.05) is 39.5 Å². The van der Waals surface area contributed by atoms with Crippen LogP contribution in [0.5, 0.6) is 0 Å². The van der Waals surface area contributed by atoms with Crippen molar-refractivity contribution in [2.24, 2.45) is 5.92 Å². The van der Waals surface area contributed by atoms with E-state index in [9.17, 15) is 0 Å². The van der Waals surface area contributed by atoms with Crippen LogP contribution in [0, 0.1) is 5.92 Å². The molecular formula is C21H37N5. The smallest absolute Gasteiger partial charge is 0.224 e. The Morgan fingerprint density at radius 1 is 1.08 bits per heavy atom. The number of nitrogens with zero attached hydrogens (tertiary/aromatic N) is 4. The molecule has 5 heteroatoms. The monoisotopic (exact) mass is 359 g/mol. The fourth-order valence-corrected chi connectivity index (χ4v) is 4.33. The Kier molecular flexibility index (Phi) is 7.54. The first-order chi connectivity index (χ1) is 12.8. The van der Waals surface area contributed by atoms with Crippen molar-refractivity contribution < 1.29 is 0 Å². The summed E-state index contributed by atoms with van der Waals surface area (Å²) in [5.74, 6) is 2.73. The Bertz CT molecular complexity index is 523. The van der Waals surface area contributed by atoms with Crippen LogP contribution in [0.15, 0.2) is 12.3 Å². The van der Waals surface area contributed by atoms with Crippen LogP contribution < -0.4 is 10.2 Å². The first-order valence-electron chi connectivity index (χ1n) is 10.8. The summed E-state index contributed by atoms with van der Waals surface area (Å²) in [5, 5.41) is 3.62. The average molecular weight is 360 g/mol. The predicted molar refractivity (Wildman–Crippen MR) is 110 cm³/mol. The number of piperidine rings is 1. The molecule has 0 saturated carbocycles. The standard InChI is InChI=1S/C21H37N5/c1-3-18(4-2)16-25-13-9-10-19(17-25)23-21-22-12-11-20(24-21)26-14-7-5-6-8-15-26/h11-12,18-19H,3-10,13-17H2,1-2H3,(H,22,23,24)/t19-/m0/s1. The van der Waals surface area contributed by atoms with Gasteiger partial charge < -0.3 is 15.1 Å². The van der Waals surface area contributed by atoms with Crippen LogP contribution in [0.1, 0.15) is 65.2 Å². The lowest BCUT2D eigenvalue weighted by Gasteiger charge is -2.35. The summed E-state index contributed by atoms with van der Waals surface area (Å²) in [6.45, 7) is 10.5. The maximum atomic E-state index is 4.84. The van der Waals surface area contributed by atoms with Gasteiger partial charge in [-0.15, -0.1) is 0 Å².